The predicted molar refractivity (Wildman–Crippen MR) is 125 cm³/mol. The summed E-state index contributed by atoms with van der Waals surface area (Å²) in [4.78, 5) is 16.9. The number of amides is 1. The number of aliphatic hydroxyl groups excluding tert-OH is 1. The first-order valence-electron chi connectivity index (χ1n) is 11.1. The number of benzene rings is 2. The molecule has 2 aliphatic rings. The average molecular weight is 444 g/mol. The number of nitrogens with one attached hydrogen (secondary N) is 1. The molecule has 3 aromatic rings. The summed E-state index contributed by atoms with van der Waals surface area (Å²) in [7, 11) is 0. The van der Waals surface area contributed by atoms with Crippen LogP contribution in [0.1, 0.15) is 24.1 Å². The summed E-state index contributed by atoms with van der Waals surface area (Å²) >= 11 is 0. The van der Waals surface area contributed by atoms with E-state index in [1.165, 1.54) is 0 Å². The van der Waals surface area contributed by atoms with Gasteiger partial charge >= 0.3 is 0 Å². The monoisotopic (exact) mass is 443 g/mol. The largest absolute Gasteiger partial charge is 0.489 e. The van der Waals surface area contributed by atoms with Crippen molar-refractivity contribution < 1.29 is 19.4 Å². The molecule has 1 amide bonds. The standard InChI is InChI=1S/C26H25N3O4/c27-14-19-12-17(4-5-25(19)33-20-7-10-32-11-8-20)21-2-1-3-23-22(21)13-24(28-23)18-6-9-29(15-18)26(31)16-30/h1-6,12-13,20,28,30H,7-11,15-16H2. The van der Waals surface area contributed by atoms with E-state index in [9.17, 15) is 10.1 Å². The van der Waals surface area contributed by atoms with Crippen molar-refractivity contribution in [3.63, 3.8) is 0 Å². The lowest BCUT2D eigenvalue weighted by Crippen LogP contribution is -2.31. The van der Waals surface area contributed by atoms with Crippen molar-refractivity contribution in [2.75, 3.05) is 32.9 Å². The van der Waals surface area contributed by atoms with E-state index in [1.54, 1.807) is 4.90 Å². The number of carbonyl (C=O) groups excluding carboxylic acids is 1. The Morgan fingerprint density at radius 2 is 2.09 bits per heavy atom. The number of carbonyl (C=O) groups is 1. The Labute approximate surface area is 191 Å². The van der Waals surface area contributed by atoms with Crippen molar-refractivity contribution in [3.05, 3.63) is 59.8 Å². The number of aliphatic hydroxyl groups is 1. The second-order valence-corrected chi connectivity index (χ2v) is 8.36. The van der Waals surface area contributed by atoms with Crippen LogP contribution in [0, 0.1) is 11.3 Å². The maximum Gasteiger partial charge on any atom is 0.248 e. The second kappa shape index (κ2) is 9.10. The van der Waals surface area contributed by atoms with Crippen molar-refractivity contribution in [1.29, 1.82) is 5.26 Å². The highest BCUT2D eigenvalue weighted by atomic mass is 16.5. The maximum atomic E-state index is 11.8. The van der Waals surface area contributed by atoms with Crippen LogP contribution in [0.5, 0.6) is 5.75 Å². The third-order valence-electron chi connectivity index (χ3n) is 6.29. The van der Waals surface area contributed by atoms with Crippen LogP contribution in [0.2, 0.25) is 0 Å². The Bertz CT molecular complexity index is 1260. The van der Waals surface area contributed by atoms with Gasteiger partial charge in [-0.25, -0.2) is 0 Å². The molecule has 0 radical (unpaired) electrons. The predicted octanol–water partition coefficient (Wildman–Crippen LogP) is 3.48. The topological polar surface area (TPSA) is 98.6 Å². The molecule has 2 N–H and O–H groups in total. The first kappa shape index (κ1) is 21.3. The van der Waals surface area contributed by atoms with Gasteiger partial charge in [-0.1, -0.05) is 24.3 Å². The number of hydrogen-bond acceptors (Lipinski definition) is 5. The van der Waals surface area contributed by atoms with Crippen LogP contribution in [0.15, 0.2) is 48.5 Å². The van der Waals surface area contributed by atoms with Crippen molar-refractivity contribution >= 4 is 22.4 Å². The number of ether oxygens (including phenoxy) is 2. The number of aromatic amines is 1. The summed E-state index contributed by atoms with van der Waals surface area (Å²) in [6.07, 6.45) is 3.74. The smallest absolute Gasteiger partial charge is 0.248 e. The molecule has 0 unspecified atom stereocenters. The minimum absolute atomic E-state index is 0.0735. The lowest BCUT2D eigenvalue weighted by atomic mass is 9.99. The number of H-pyrrole nitrogens is 1. The van der Waals surface area contributed by atoms with Gasteiger partial charge in [0.1, 0.15) is 24.5 Å². The summed E-state index contributed by atoms with van der Waals surface area (Å²) in [6, 6.07) is 16.2. The van der Waals surface area contributed by atoms with Crippen LogP contribution >= 0.6 is 0 Å². The van der Waals surface area contributed by atoms with Crippen LogP contribution in [-0.4, -0.2) is 59.9 Å². The molecule has 0 bridgehead atoms. The third kappa shape index (κ3) is 4.23. The highest BCUT2D eigenvalue weighted by Gasteiger charge is 2.22. The molecule has 3 heterocycles. The fraction of sp³-hybridized carbons (Fsp3) is 0.308. The molecule has 7 heteroatoms. The molecule has 1 fully saturated rings. The van der Waals surface area contributed by atoms with Gasteiger partial charge in [-0.3, -0.25) is 4.79 Å². The highest BCUT2D eigenvalue weighted by Crippen LogP contribution is 2.34. The van der Waals surface area contributed by atoms with E-state index >= 15 is 0 Å². The molecule has 33 heavy (non-hydrogen) atoms. The molecular weight excluding hydrogens is 418 g/mol. The van der Waals surface area contributed by atoms with Gasteiger partial charge in [0.25, 0.3) is 0 Å². The van der Waals surface area contributed by atoms with E-state index in [1.807, 2.05) is 42.5 Å². The zero-order valence-electron chi connectivity index (χ0n) is 18.2. The van der Waals surface area contributed by atoms with Gasteiger partial charge in [0, 0.05) is 42.5 Å². The van der Waals surface area contributed by atoms with Crippen LogP contribution in [-0.2, 0) is 9.53 Å². The zero-order valence-corrected chi connectivity index (χ0v) is 18.2. The van der Waals surface area contributed by atoms with Crippen molar-refractivity contribution in [1.82, 2.24) is 9.88 Å². The molecular formula is C26H25N3O4. The number of nitriles is 1. The quantitative estimate of drug-likeness (QED) is 0.629. The molecule has 0 saturated carbocycles. The normalized spacial score (nSPS) is 16.6. The fourth-order valence-electron chi connectivity index (χ4n) is 4.48. The number of fused-ring (bicyclic) bond motifs is 1. The molecule has 1 saturated heterocycles. The van der Waals surface area contributed by atoms with E-state index in [0.29, 0.717) is 37.6 Å². The molecule has 0 atom stereocenters. The first-order valence-corrected chi connectivity index (χ1v) is 11.1. The maximum absolute atomic E-state index is 11.8. The molecule has 168 valence electrons. The Hall–Kier alpha value is -3.60. The summed E-state index contributed by atoms with van der Waals surface area (Å²) in [5.41, 5.74) is 5.44. The van der Waals surface area contributed by atoms with E-state index < -0.39 is 6.61 Å². The van der Waals surface area contributed by atoms with E-state index in [2.05, 4.69) is 17.1 Å². The number of nitrogens with zero attached hydrogens (tertiary/aromatic N) is 2. The number of hydrogen-bond donors (Lipinski definition) is 2. The Kier molecular flexibility index (Phi) is 5.86. The summed E-state index contributed by atoms with van der Waals surface area (Å²) in [6.45, 7) is 1.86. The summed E-state index contributed by atoms with van der Waals surface area (Å²) in [5, 5.41) is 19.9. The van der Waals surface area contributed by atoms with Crippen LogP contribution in [0.25, 0.3) is 27.6 Å². The minimum atomic E-state index is -0.479. The zero-order chi connectivity index (χ0) is 22.8. The highest BCUT2D eigenvalue weighted by molar-refractivity contribution is 5.98. The van der Waals surface area contributed by atoms with Gasteiger partial charge in [0.15, 0.2) is 0 Å². The van der Waals surface area contributed by atoms with Gasteiger partial charge in [-0.2, -0.15) is 5.26 Å². The Morgan fingerprint density at radius 1 is 1.24 bits per heavy atom. The van der Waals surface area contributed by atoms with Gasteiger partial charge in [-0.05, 0) is 41.0 Å². The molecule has 2 aromatic carbocycles. The lowest BCUT2D eigenvalue weighted by Gasteiger charge is -2.24. The summed E-state index contributed by atoms with van der Waals surface area (Å²) < 4.78 is 11.5. The summed E-state index contributed by atoms with van der Waals surface area (Å²) in [5.74, 6) is 0.338. The molecule has 2 aliphatic heterocycles. The Morgan fingerprint density at radius 3 is 2.88 bits per heavy atom. The minimum Gasteiger partial charge on any atom is -0.489 e. The van der Waals surface area contributed by atoms with Crippen molar-refractivity contribution in [2.45, 2.75) is 18.9 Å². The van der Waals surface area contributed by atoms with Gasteiger partial charge in [0.2, 0.25) is 5.91 Å². The van der Waals surface area contributed by atoms with E-state index in [4.69, 9.17) is 14.6 Å². The average Bonchev–Trinajstić information content (AvgIpc) is 3.52. The molecule has 1 aromatic heterocycles. The Balaban J connectivity index is 1.44. The van der Waals surface area contributed by atoms with Crippen molar-refractivity contribution in [3.8, 4) is 22.9 Å². The first-order chi connectivity index (χ1) is 16.2. The van der Waals surface area contributed by atoms with Crippen LogP contribution in [0.4, 0.5) is 0 Å². The lowest BCUT2D eigenvalue weighted by molar-refractivity contribution is -0.132. The molecule has 0 aliphatic carbocycles. The number of aromatic nitrogens is 1. The third-order valence-corrected chi connectivity index (χ3v) is 6.29. The molecule has 0 spiro atoms. The van der Waals surface area contributed by atoms with Gasteiger partial charge in [0.05, 0.1) is 18.8 Å². The van der Waals surface area contributed by atoms with Gasteiger partial charge < -0.3 is 24.5 Å². The molecule has 5 rings (SSSR count). The van der Waals surface area contributed by atoms with Crippen molar-refractivity contribution in [2.24, 2.45) is 0 Å². The SMILES string of the molecule is N#Cc1cc(-c2cccc3[nH]c(C4=CCN(C(=O)CO)C4)cc23)ccc1OC1CCOCC1. The molecule has 7 nitrogen and oxygen atoms in total. The number of rotatable bonds is 5. The van der Waals surface area contributed by atoms with Crippen LogP contribution in [0.3, 0.4) is 0 Å². The van der Waals surface area contributed by atoms with E-state index in [0.717, 1.165) is 46.1 Å². The van der Waals surface area contributed by atoms with Crippen LogP contribution < -0.4 is 4.74 Å². The fourth-order valence-corrected chi connectivity index (χ4v) is 4.48. The van der Waals surface area contributed by atoms with E-state index in [-0.39, 0.29) is 12.0 Å². The van der Waals surface area contributed by atoms with Gasteiger partial charge in [-0.15, -0.1) is 0 Å². The second-order valence-electron chi connectivity index (χ2n) is 8.36.